The number of nitrogens with zero attached hydrogens (tertiary/aromatic N) is 2. The third-order valence-corrected chi connectivity index (χ3v) is 3.85. The Morgan fingerprint density at radius 1 is 1.16 bits per heavy atom. The van der Waals surface area contributed by atoms with E-state index in [9.17, 15) is 8.78 Å². The molecule has 0 bridgehead atoms. The number of nitrogens with one attached hydrogen (secondary N) is 1. The maximum Gasteiger partial charge on any atom is 0.161 e. The molecule has 2 aromatic heterocycles. The van der Waals surface area contributed by atoms with E-state index in [0.717, 1.165) is 12.1 Å². The van der Waals surface area contributed by atoms with Crippen LogP contribution in [0.15, 0.2) is 29.0 Å². The highest BCUT2D eigenvalue weighted by atomic mass is 79.9. The molecule has 0 unspecified atom stereocenters. The second-order valence-electron chi connectivity index (χ2n) is 3.85. The monoisotopic (exact) mass is 343 g/mol. The second-order valence-corrected chi connectivity index (χ2v) is 5.08. The van der Waals surface area contributed by atoms with E-state index in [0.29, 0.717) is 31.9 Å². The molecule has 1 N–H and O–H groups in total. The summed E-state index contributed by atoms with van der Waals surface area (Å²) in [6, 6.07) is 2.09. The molecule has 0 aliphatic carbocycles. The van der Waals surface area contributed by atoms with Crippen molar-refractivity contribution in [3.63, 3.8) is 0 Å². The Balaban J connectivity index is 2.23. The maximum atomic E-state index is 13.1. The number of imidazole rings is 1. The first-order chi connectivity index (χ1) is 9.06. The molecule has 7 heteroatoms. The number of rotatable bonds is 1. The lowest BCUT2D eigenvalue weighted by atomic mass is 10.3. The van der Waals surface area contributed by atoms with Gasteiger partial charge in [-0.3, -0.25) is 4.98 Å². The van der Waals surface area contributed by atoms with Gasteiger partial charge in [0.2, 0.25) is 0 Å². The summed E-state index contributed by atoms with van der Waals surface area (Å²) in [7, 11) is 0. The van der Waals surface area contributed by atoms with E-state index in [1.807, 2.05) is 0 Å². The van der Waals surface area contributed by atoms with Gasteiger partial charge in [0.1, 0.15) is 5.82 Å². The van der Waals surface area contributed by atoms with Crippen molar-refractivity contribution in [3.8, 4) is 11.4 Å². The van der Waals surface area contributed by atoms with Gasteiger partial charge in [-0.2, -0.15) is 0 Å². The van der Waals surface area contributed by atoms with Gasteiger partial charge in [0.15, 0.2) is 11.6 Å². The van der Waals surface area contributed by atoms with Gasteiger partial charge >= 0.3 is 0 Å². The normalized spacial score (nSPS) is 11.2. The van der Waals surface area contributed by atoms with Crippen molar-refractivity contribution in [2.24, 2.45) is 0 Å². The first-order valence-corrected chi connectivity index (χ1v) is 6.37. The van der Waals surface area contributed by atoms with Crippen molar-refractivity contribution in [2.75, 3.05) is 0 Å². The van der Waals surface area contributed by atoms with Crippen molar-refractivity contribution in [2.45, 2.75) is 0 Å². The highest BCUT2D eigenvalue weighted by Crippen LogP contribution is 2.32. The number of fused-ring (bicyclic) bond motifs is 1. The second kappa shape index (κ2) is 4.54. The topological polar surface area (TPSA) is 41.6 Å². The van der Waals surface area contributed by atoms with Crippen LogP contribution in [0.4, 0.5) is 8.78 Å². The Labute approximate surface area is 119 Å². The first-order valence-electron chi connectivity index (χ1n) is 5.20. The molecule has 0 saturated heterocycles. The van der Waals surface area contributed by atoms with Crippen LogP contribution in [0.25, 0.3) is 22.4 Å². The maximum absolute atomic E-state index is 13.1. The summed E-state index contributed by atoms with van der Waals surface area (Å²) in [6.45, 7) is 0. The van der Waals surface area contributed by atoms with E-state index in [1.165, 1.54) is 6.20 Å². The van der Waals surface area contributed by atoms with Crippen LogP contribution >= 0.6 is 27.5 Å². The Hall–Kier alpha value is -1.53. The fraction of sp³-hybridized carbons (Fsp3) is 0. The Morgan fingerprint density at radius 3 is 2.68 bits per heavy atom. The molecule has 3 rings (SSSR count). The molecule has 96 valence electrons. The summed E-state index contributed by atoms with van der Waals surface area (Å²) in [5, 5.41) is 0.426. The minimum atomic E-state index is -0.941. The molecular formula is C12H5BrClF2N3. The average molecular weight is 345 g/mol. The van der Waals surface area contributed by atoms with Crippen LogP contribution in [-0.4, -0.2) is 15.0 Å². The van der Waals surface area contributed by atoms with Crippen molar-refractivity contribution in [1.82, 2.24) is 15.0 Å². The quantitative estimate of drug-likeness (QED) is 0.714. The average Bonchev–Trinajstić information content (AvgIpc) is 2.76. The van der Waals surface area contributed by atoms with Crippen molar-refractivity contribution in [3.05, 3.63) is 45.7 Å². The molecule has 0 fully saturated rings. The fourth-order valence-electron chi connectivity index (χ4n) is 1.72. The van der Waals surface area contributed by atoms with Gasteiger partial charge in [-0.05, 0) is 15.9 Å². The molecule has 0 aliphatic heterocycles. The van der Waals surface area contributed by atoms with Crippen LogP contribution < -0.4 is 0 Å². The van der Waals surface area contributed by atoms with Gasteiger partial charge in [-0.15, -0.1) is 0 Å². The summed E-state index contributed by atoms with van der Waals surface area (Å²) in [5.41, 5.74) is 1.27. The van der Waals surface area contributed by atoms with Gasteiger partial charge in [-0.25, -0.2) is 13.8 Å². The smallest absolute Gasteiger partial charge is 0.161 e. The number of aromatic nitrogens is 3. The minimum Gasteiger partial charge on any atom is -0.338 e. The number of hydrogen-bond acceptors (Lipinski definition) is 2. The largest absolute Gasteiger partial charge is 0.338 e. The van der Waals surface area contributed by atoms with Gasteiger partial charge in [0, 0.05) is 24.5 Å². The number of aromatic amines is 1. The van der Waals surface area contributed by atoms with Gasteiger partial charge in [0.25, 0.3) is 0 Å². The number of pyridine rings is 1. The molecule has 0 aliphatic rings. The summed E-state index contributed by atoms with van der Waals surface area (Å²) in [5.74, 6) is -1.47. The number of hydrogen-bond donors (Lipinski definition) is 1. The van der Waals surface area contributed by atoms with Gasteiger partial charge in [0.05, 0.1) is 26.1 Å². The highest BCUT2D eigenvalue weighted by molar-refractivity contribution is 9.10. The third kappa shape index (κ3) is 2.11. The van der Waals surface area contributed by atoms with Crippen LogP contribution in [0.2, 0.25) is 5.02 Å². The zero-order chi connectivity index (χ0) is 13.6. The van der Waals surface area contributed by atoms with E-state index in [4.69, 9.17) is 11.6 Å². The van der Waals surface area contributed by atoms with E-state index in [1.54, 1.807) is 6.20 Å². The zero-order valence-corrected chi connectivity index (χ0v) is 11.6. The molecule has 2 heterocycles. The van der Waals surface area contributed by atoms with E-state index in [2.05, 4.69) is 30.9 Å². The Bertz CT molecular complexity index is 749. The molecule has 0 saturated carbocycles. The van der Waals surface area contributed by atoms with Crippen molar-refractivity contribution < 1.29 is 8.78 Å². The summed E-state index contributed by atoms with van der Waals surface area (Å²) < 4.78 is 26.9. The molecule has 1 aromatic carbocycles. The minimum absolute atomic E-state index is 0.324. The predicted molar refractivity (Wildman–Crippen MR) is 72.0 cm³/mol. The lowest BCUT2D eigenvalue weighted by Crippen LogP contribution is -1.85. The van der Waals surface area contributed by atoms with Crippen LogP contribution in [0, 0.1) is 11.6 Å². The van der Waals surface area contributed by atoms with E-state index < -0.39 is 11.6 Å². The highest BCUT2D eigenvalue weighted by Gasteiger charge is 2.13. The van der Waals surface area contributed by atoms with Crippen LogP contribution in [0.5, 0.6) is 0 Å². The zero-order valence-electron chi connectivity index (χ0n) is 9.22. The number of halogens is 4. The standard InChI is InChI=1S/C12H5BrClF2N3/c13-6-4-17-3-5(11(6)14)12-18-9-1-7(15)8(16)2-10(9)19-12/h1-4H,(H,18,19). The van der Waals surface area contributed by atoms with Crippen molar-refractivity contribution >= 4 is 38.6 Å². The molecule has 0 atom stereocenters. The van der Waals surface area contributed by atoms with Crippen LogP contribution in [0.3, 0.4) is 0 Å². The molecule has 0 spiro atoms. The Morgan fingerprint density at radius 2 is 1.89 bits per heavy atom. The lowest BCUT2D eigenvalue weighted by Gasteiger charge is -2.00. The SMILES string of the molecule is Fc1cc2nc(-c3cncc(Br)c3Cl)[nH]c2cc1F. The molecule has 0 radical (unpaired) electrons. The summed E-state index contributed by atoms with van der Waals surface area (Å²) >= 11 is 9.38. The lowest BCUT2D eigenvalue weighted by molar-refractivity contribution is 0.510. The fourth-order valence-corrected chi connectivity index (χ4v) is 2.24. The molecule has 19 heavy (non-hydrogen) atoms. The third-order valence-electron chi connectivity index (χ3n) is 2.62. The Kier molecular flexibility index (Phi) is 2.99. The van der Waals surface area contributed by atoms with Gasteiger partial charge < -0.3 is 4.98 Å². The molecule has 3 aromatic rings. The van der Waals surface area contributed by atoms with Gasteiger partial charge in [-0.1, -0.05) is 11.6 Å². The van der Waals surface area contributed by atoms with E-state index >= 15 is 0 Å². The molecule has 0 amide bonds. The summed E-state index contributed by atoms with van der Waals surface area (Å²) in [4.78, 5) is 11.1. The number of H-pyrrole nitrogens is 1. The molecular weight excluding hydrogens is 340 g/mol. The molecule has 3 nitrogen and oxygen atoms in total. The predicted octanol–water partition coefficient (Wildman–Crippen LogP) is 4.32. The van der Waals surface area contributed by atoms with E-state index in [-0.39, 0.29) is 0 Å². The first kappa shape index (κ1) is 12.5. The van der Waals surface area contributed by atoms with Crippen molar-refractivity contribution in [1.29, 1.82) is 0 Å². The van der Waals surface area contributed by atoms with Crippen LogP contribution in [-0.2, 0) is 0 Å². The van der Waals surface area contributed by atoms with Crippen LogP contribution in [0.1, 0.15) is 0 Å². The summed E-state index contributed by atoms with van der Waals surface area (Å²) in [6.07, 6.45) is 3.07. The number of benzene rings is 1.